The van der Waals surface area contributed by atoms with Crippen LogP contribution in [0.1, 0.15) is 28.3 Å². The van der Waals surface area contributed by atoms with Crippen molar-refractivity contribution in [1.82, 2.24) is 5.43 Å². The minimum absolute atomic E-state index is 0.0777. The van der Waals surface area contributed by atoms with E-state index in [9.17, 15) is 0 Å². The molecule has 5 N–H and O–H groups in total. The van der Waals surface area contributed by atoms with Crippen molar-refractivity contribution in [2.24, 2.45) is 5.84 Å². The number of rotatable bonds is 3. The van der Waals surface area contributed by atoms with Crippen LogP contribution in [-0.4, -0.2) is 0 Å². The molecule has 0 aliphatic heterocycles. The Hall–Kier alpha value is -1.84. The van der Waals surface area contributed by atoms with Gasteiger partial charge in [0.1, 0.15) is 0 Å². The number of benzene rings is 2. The van der Waals surface area contributed by atoms with Gasteiger partial charge in [0.05, 0.1) is 6.04 Å². The van der Waals surface area contributed by atoms with Gasteiger partial charge in [0, 0.05) is 5.69 Å². The summed E-state index contributed by atoms with van der Waals surface area (Å²) in [6.07, 6.45) is 0. The van der Waals surface area contributed by atoms with Crippen molar-refractivity contribution >= 4 is 5.69 Å². The minimum Gasteiger partial charge on any atom is -0.398 e. The molecule has 94 valence electrons. The van der Waals surface area contributed by atoms with Crippen LogP contribution in [0.3, 0.4) is 0 Å². The average molecular weight is 241 g/mol. The summed E-state index contributed by atoms with van der Waals surface area (Å²) in [6, 6.07) is 14.1. The summed E-state index contributed by atoms with van der Waals surface area (Å²) in [5.41, 5.74) is 14.2. The Labute approximate surface area is 108 Å². The summed E-state index contributed by atoms with van der Waals surface area (Å²) >= 11 is 0. The van der Waals surface area contributed by atoms with Crippen LogP contribution in [0.5, 0.6) is 0 Å². The number of nitrogen functional groups attached to an aromatic ring is 1. The Morgan fingerprint density at radius 3 is 2.39 bits per heavy atom. The standard InChI is InChI=1S/C15H19N3/c1-10-7-8-11(2)13(9-10)15(18-17)12-5-3-4-6-14(12)16/h3-9,15,18H,16-17H2,1-2H3. The van der Waals surface area contributed by atoms with Gasteiger partial charge in [-0.3, -0.25) is 5.84 Å². The first-order chi connectivity index (χ1) is 8.63. The maximum Gasteiger partial charge on any atom is 0.0732 e. The monoisotopic (exact) mass is 241 g/mol. The molecular weight excluding hydrogens is 222 g/mol. The van der Waals surface area contributed by atoms with Crippen molar-refractivity contribution in [3.05, 3.63) is 64.7 Å². The molecule has 0 bridgehead atoms. The van der Waals surface area contributed by atoms with Gasteiger partial charge in [0.15, 0.2) is 0 Å². The van der Waals surface area contributed by atoms with Crippen molar-refractivity contribution in [2.75, 3.05) is 5.73 Å². The van der Waals surface area contributed by atoms with Gasteiger partial charge in [-0.2, -0.15) is 0 Å². The summed E-state index contributed by atoms with van der Waals surface area (Å²) in [4.78, 5) is 0. The summed E-state index contributed by atoms with van der Waals surface area (Å²) in [5.74, 6) is 5.72. The molecule has 18 heavy (non-hydrogen) atoms. The van der Waals surface area contributed by atoms with E-state index < -0.39 is 0 Å². The van der Waals surface area contributed by atoms with E-state index in [1.165, 1.54) is 11.1 Å². The zero-order valence-electron chi connectivity index (χ0n) is 10.8. The smallest absolute Gasteiger partial charge is 0.0732 e. The van der Waals surface area contributed by atoms with Crippen LogP contribution >= 0.6 is 0 Å². The number of nitrogens with one attached hydrogen (secondary N) is 1. The van der Waals surface area contributed by atoms with Crippen LogP contribution in [0.15, 0.2) is 42.5 Å². The first kappa shape index (κ1) is 12.6. The zero-order chi connectivity index (χ0) is 13.1. The maximum atomic E-state index is 6.03. The Bertz CT molecular complexity index is 549. The van der Waals surface area contributed by atoms with E-state index in [2.05, 4.69) is 37.5 Å². The molecule has 1 atom stereocenters. The van der Waals surface area contributed by atoms with Crippen molar-refractivity contribution in [1.29, 1.82) is 0 Å². The Kier molecular flexibility index (Phi) is 3.65. The molecule has 0 saturated carbocycles. The molecule has 0 aliphatic carbocycles. The van der Waals surface area contributed by atoms with E-state index in [1.54, 1.807) is 0 Å². The predicted molar refractivity (Wildman–Crippen MR) is 75.9 cm³/mol. The second-order valence-electron chi connectivity index (χ2n) is 4.59. The lowest BCUT2D eigenvalue weighted by molar-refractivity contribution is 0.635. The van der Waals surface area contributed by atoms with Gasteiger partial charge in [-0.05, 0) is 36.6 Å². The Morgan fingerprint density at radius 2 is 1.72 bits per heavy atom. The number of para-hydroxylation sites is 1. The first-order valence-corrected chi connectivity index (χ1v) is 6.01. The molecule has 0 radical (unpaired) electrons. The topological polar surface area (TPSA) is 64.1 Å². The maximum absolute atomic E-state index is 6.03. The van der Waals surface area contributed by atoms with Gasteiger partial charge in [0.25, 0.3) is 0 Å². The number of hydrazine groups is 1. The highest BCUT2D eigenvalue weighted by atomic mass is 15.2. The predicted octanol–water partition coefficient (Wildman–Crippen LogP) is 2.44. The third kappa shape index (κ3) is 2.37. The van der Waals surface area contributed by atoms with Crippen LogP contribution in [0.2, 0.25) is 0 Å². The number of aryl methyl sites for hydroxylation is 2. The van der Waals surface area contributed by atoms with Crippen molar-refractivity contribution in [2.45, 2.75) is 19.9 Å². The average Bonchev–Trinajstić information content (AvgIpc) is 2.36. The fraction of sp³-hybridized carbons (Fsp3) is 0.200. The second kappa shape index (κ2) is 5.21. The normalized spacial score (nSPS) is 12.4. The fourth-order valence-electron chi connectivity index (χ4n) is 2.19. The number of nitrogens with two attached hydrogens (primary N) is 2. The molecule has 2 rings (SSSR count). The van der Waals surface area contributed by atoms with Gasteiger partial charge in [0.2, 0.25) is 0 Å². The third-order valence-electron chi connectivity index (χ3n) is 3.22. The number of hydrogen-bond donors (Lipinski definition) is 3. The highest BCUT2D eigenvalue weighted by Gasteiger charge is 2.16. The van der Waals surface area contributed by atoms with Crippen LogP contribution in [0.25, 0.3) is 0 Å². The van der Waals surface area contributed by atoms with Crippen LogP contribution < -0.4 is 17.0 Å². The molecule has 2 aromatic carbocycles. The molecule has 3 nitrogen and oxygen atoms in total. The van der Waals surface area contributed by atoms with E-state index in [0.29, 0.717) is 0 Å². The van der Waals surface area contributed by atoms with Gasteiger partial charge in [-0.25, -0.2) is 5.43 Å². The van der Waals surface area contributed by atoms with Gasteiger partial charge in [-0.15, -0.1) is 0 Å². The molecule has 0 aliphatic rings. The second-order valence-corrected chi connectivity index (χ2v) is 4.59. The van der Waals surface area contributed by atoms with Crippen LogP contribution in [-0.2, 0) is 0 Å². The van der Waals surface area contributed by atoms with Crippen LogP contribution in [0, 0.1) is 13.8 Å². The quantitative estimate of drug-likeness (QED) is 0.439. The number of hydrogen-bond acceptors (Lipinski definition) is 3. The molecule has 0 fully saturated rings. The van der Waals surface area contributed by atoms with Crippen molar-refractivity contribution < 1.29 is 0 Å². The van der Waals surface area contributed by atoms with Crippen molar-refractivity contribution in [3.8, 4) is 0 Å². The van der Waals surface area contributed by atoms with E-state index in [0.717, 1.165) is 16.8 Å². The summed E-state index contributed by atoms with van der Waals surface area (Å²) < 4.78 is 0. The molecule has 0 aromatic heterocycles. The minimum atomic E-state index is -0.0777. The van der Waals surface area contributed by atoms with Crippen LogP contribution in [0.4, 0.5) is 5.69 Å². The van der Waals surface area contributed by atoms with E-state index in [-0.39, 0.29) is 6.04 Å². The summed E-state index contributed by atoms with van der Waals surface area (Å²) in [5, 5.41) is 0. The lowest BCUT2D eigenvalue weighted by Gasteiger charge is -2.21. The molecule has 0 heterocycles. The van der Waals surface area contributed by atoms with Crippen molar-refractivity contribution in [3.63, 3.8) is 0 Å². The summed E-state index contributed by atoms with van der Waals surface area (Å²) in [7, 11) is 0. The van der Waals surface area contributed by atoms with Gasteiger partial charge in [-0.1, -0.05) is 42.0 Å². The summed E-state index contributed by atoms with van der Waals surface area (Å²) in [6.45, 7) is 4.16. The first-order valence-electron chi connectivity index (χ1n) is 6.01. The largest absolute Gasteiger partial charge is 0.398 e. The highest BCUT2D eigenvalue weighted by molar-refractivity contribution is 5.52. The zero-order valence-corrected chi connectivity index (χ0v) is 10.8. The lowest BCUT2D eigenvalue weighted by atomic mass is 9.93. The Balaban J connectivity index is 2.52. The number of anilines is 1. The van der Waals surface area contributed by atoms with E-state index in [1.807, 2.05) is 24.3 Å². The molecule has 3 heteroatoms. The van der Waals surface area contributed by atoms with E-state index in [4.69, 9.17) is 11.6 Å². The molecule has 0 saturated heterocycles. The van der Waals surface area contributed by atoms with E-state index >= 15 is 0 Å². The van der Waals surface area contributed by atoms with Gasteiger partial charge >= 0.3 is 0 Å². The molecular formula is C15H19N3. The molecule has 0 amide bonds. The van der Waals surface area contributed by atoms with Gasteiger partial charge < -0.3 is 5.73 Å². The molecule has 2 aromatic rings. The fourth-order valence-corrected chi connectivity index (χ4v) is 2.19. The third-order valence-corrected chi connectivity index (χ3v) is 3.22. The lowest BCUT2D eigenvalue weighted by Crippen LogP contribution is -2.30. The SMILES string of the molecule is Cc1ccc(C)c(C(NN)c2ccccc2N)c1. The highest BCUT2D eigenvalue weighted by Crippen LogP contribution is 2.28. The molecule has 0 spiro atoms. The Morgan fingerprint density at radius 1 is 1.00 bits per heavy atom. The molecule has 1 unspecified atom stereocenters.